The van der Waals surface area contributed by atoms with Gasteiger partial charge in [-0.05, 0) is 30.8 Å². The summed E-state index contributed by atoms with van der Waals surface area (Å²) in [6.07, 6.45) is 8.06. The molecule has 0 spiro atoms. The number of methoxy groups -OCH3 is 1. The largest absolute Gasteiger partial charge is 0.469 e. The molecule has 0 aliphatic heterocycles. The van der Waals surface area contributed by atoms with Crippen LogP contribution in [0.2, 0.25) is 0 Å². The molecule has 0 atom stereocenters. The van der Waals surface area contributed by atoms with Crippen molar-refractivity contribution in [1.82, 2.24) is 0 Å². The highest BCUT2D eigenvalue weighted by molar-refractivity contribution is 7.99. The Morgan fingerprint density at radius 1 is 1.07 bits per heavy atom. The second kappa shape index (κ2) is 11.9. The standard InChI is InChI=1S/C12H24O2S/c1-3-4-5-7-10-15-11-8-6-9-12(13)14-2/h3-11H2,1-2H3. The number of hydrogen-bond acceptors (Lipinski definition) is 3. The van der Waals surface area contributed by atoms with E-state index in [1.807, 2.05) is 11.8 Å². The number of carbonyl (C=O) groups is 1. The lowest BCUT2D eigenvalue weighted by Crippen LogP contribution is -1.99. The minimum absolute atomic E-state index is 0.0806. The van der Waals surface area contributed by atoms with Crippen molar-refractivity contribution in [2.24, 2.45) is 0 Å². The smallest absolute Gasteiger partial charge is 0.305 e. The number of thioether (sulfide) groups is 1. The van der Waals surface area contributed by atoms with Gasteiger partial charge in [0.1, 0.15) is 0 Å². The lowest BCUT2D eigenvalue weighted by atomic mass is 10.2. The van der Waals surface area contributed by atoms with Crippen molar-refractivity contribution in [3.05, 3.63) is 0 Å². The van der Waals surface area contributed by atoms with E-state index in [1.165, 1.54) is 44.3 Å². The molecular weight excluding hydrogens is 208 g/mol. The van der Waals surface area contributed by atoms with Crippen LogP contribution in [-0.4, -0.2) is 24.6 Å². The average molecular weight is 232 g/mol. The van der Waals surface area contributed by atoms with Gasteiger partial charge in [-0.2, -0.15) is 11.8 Å². The zero-order valence-electron chi connectivity index (χ0n) is 10.1. The van der Waals surface area contributed by atoms with Gasteiger partial charge >= 0.3 is 5.97 Å². The fraction of sp³-hybridized carbons (Fsp3) is 0.917. The van der Waals surface area contributed by atoms with Gasteiger partial charge in [-0.25, -0.2) is 0 Å². The number of hydrogen-bond donors (Lipinski definition) is 0. The molecule has 0 bridgehead atoms. The maximum absolute atomic E-state index is 10.8. The molecule has 0 N–H and O–H groups in total. The van der Waals surface area contributed by atoms with E-state index < -0.39 is 0 Å². The van der Waals surface area contributed by atoms with E-state index in [-0.39, 0.29) is 5.97 Å². The Morgan fingerprint density at radius 3 is 2.33 bits per heavy atom. The van der Waals surface area contributed by atoms with E-state index in [0.717, 1.165) is 12.8 Å². The van der Waals surface area contributed by atoms with Gasteiger partial charge in [0.25, 0.3) is 0 Å². The maximum Gasteiger partial charge on any atom is 0.305 e. The number of carbonyl (C=O) groups excluding carboxylic acids is 1. The molecule has 0 rings (SSSR count). The van der Waals surface area contributed by atoms with Crippen LogP contribution < -0.4 is 0 Å². The highest BCUT2D eigenvalue weighted by atomic mass is 32.2. The van der Waals surface area contributed by atoms with E-state index in [4.69, 9.17) is 0 Å². The highest BCUT2D eigenvalue weighted by Crippen LogP contribution is 2.10. The SMILES string of the molecule is CCCCCCSCCCCC(=O)OC. The van der Waals surface area contributed by atoms with Crippen molar-refractivity contribution in [1.29, 1.82) is 0 Å². The third-order valence-electron chi connectivity index (χ3n) is 2.29. The monoisotopic (exact) mass is 232 g/mol. The molecule has 0 radical (unpaired) electrons. The summed E-state index contributed by atoms with van der Waals surface area (Å²) in [6.45, 7) is 2.24. The Hall–Kier alpha value is -0.180. The van der Waals surface area contributed by atoms with Crippen LogP contribution in [0.15, 0.2) is 0 Å². The third-order valence-corrected chi connectivity index (χ3v) is 3.44. The Morgan fingerprint density at radius 2 is 1.73 bits per heavy atom. The summed E-state index contributed by atoms with van der Waals surface area (Å²) >= 11 is 2.01. The molecule has 0 aliphatic rings. The van der Waals surface area contributed by atoms with Crippen molar-refractivity contribution in [2.75, 3.05) is 18.6 Å². The Kier molecular flexibility index (Phi) is 11.7. The molecule has 0 fully saturated rings. The lowest BCUT2D eigenvalue weighted by Gasteiger charge is -2.01. The number of rotatable bonds is 10. The van der Waals surface area contributed by atoms with Gasteiger partial charge in [0.05, 0.1) is 7.11 Å². The molecule has 0 aromatic carbocycles. The van der Waals surface area contributed by atoms with Crippen molar-refractivity contribution in [3.8, 4) is 0 Å². The molecule has 0 unspecified atom stereocenters. The van der Waals surface area contributed by atoms with Crippen molar-refractivity contribution >= 4 is 17.7 Å². The van der Waals surface area contributed by atoms with Crippen LogP contribution in [0, 0.1) is 0 Å². The van der Waals surface area contributed by atoms with E-state index in [2.05, 4.69) is 11.7 Å². The molecule has 15 heavy (non-hydrogen) atoms. The van der Waals surface area contributed by atoms with Gasteiger partial charge < -0.3 is 4.74 Å². The lowest BCUT2D eigenvalue weighted by molar-refractivity contribution is -0.140. The first kappa shape index (κ1) is 14.8. The molecule has 2 nitrogen and oxygen atoms in total. The molecule has 0 heterocycles. The summed E-state index contributed by atoms with van der Waals surface area (Å²) in [5.74, 6) is 2.38. The Balaban J connectivity index is 2.95. The van der Waals surface area contributed by atoms with Gasteiger partial charge in [-0.3, -0.25) is 4.79 Å². The van der Waals surface area contributed by atoms with Gasteiger partial charge in [0.2, 0.25) is 0 Å². The predicted octanol–water partition coefficient (Wildman–Crippen LogP) is 3.64. The zero-order chi connectivity index (χ0) is 11.4. The first-order valence-electron chi connectivity index (χ1n) is 5.95. The summed E-state index contributed by atoms with van der Waals surface area (Å²) in [4.78, 5) is 10.8. The van der Waals surface area contributed by atoms with Crippen molar-refractivity contribution in [2.45, 2.75) is 51.9 Å². The molecule has 0 saturated heterocycles. The second-order valence-corrected chi connectivity index (χ2v) is 4.93. The predicted molar refractivity (Wildman–Crippen MR) is 67.3 cm³/mol. The highest BCUT2D eigenvalue weighted by Gasteiger charge is 1.98. The molecule has 0 aliphatic carbocycles. The molecule has 0 aromatic heterocycles. The van der Waals surface area contributed by atoms with Crippen LogP contribution in [0.5, 0.6) is 0 Å². The minimum atomic E-state index is -0.0806. The Labute approximate surface area is 98.2 Å². The minimum Gasteiger partial charge on any atom is -0.469 e. The summed E-state index contributed by atoms with van der Waals surface area (Å²) in [7, 11) is 1.45. The Bertz CT molecular complexity index is 149. The van der Waals surface area contributed by atoms with E-state index in [9.17, 15) is 4.79 Å². The van der Waals surface area contributed by atoms with Crippen LogP contribution in [0.3, 0.4) is 0 Å². The summed E-state index contributed by atoms with van der Waals surface area (Å²) < 4.78 is 4.58. The molecule has 90 valence electrons. The van der Waals surface area contributed by atoms with Crippen molar-refractivity contribution in [3.63, 3.8) is 0 Å². The molecule has 0 amide bonds. The summed E-state index contributed by atoms with van der Waals surface area (Å²) in [5.41, 5.74) is 0. The van der Waals surface area contributed by atoms with Crippen LogP contribution >= 0.6 is 11.8 Å². The van der Waals surface area contributed by atoms with Crippen LogP contribution in [0.4, 0.5) is 0 Å². The fourth-order valence-corrected chi connectivity index (χ4v) is 2.33. The van der Waals surface area contributed by atoms with Crippen LogP contribution in [0.1, 0.15) is 51.9 Å². The van der Waals surface area contributed by atoms with Crippen LogP contribution in [-0.2, 0) is 9.53 Å². The molecule has 0 saturated carbocycles. The number of ether oxygens (including phenoxy) is 1. The zero-order valence-corrected chi connectivity index (χ0v) is 10.9. The third kappa shape index (κ3) is 11.7. The second-order valence-electron chi connectivity index (χ2n) is 3.71. The maximum atomic E-state index is 10.8. The normalized spacial score (nSPS) is 10.3. The van der Waals surface area contributed by atoms with Crippen molar-refractivity contribution < 1.29 is 9.53 Å². The van der Waals surface area contributed by atoms with E-state index >= 15 is 0 Å². The van der Waals surface area contributed by atoms with Crippen LogP contribution in [0.25, 0.3) is 0 Å². The first-order chi connectivity index (χ1) is 7.31. The average Bonchev–Trinajstić information content (AvgIpc) is 2.26. The van der Waals surface area contributed by atoms with Gasteiger partial charge in [-0.1, -0.05) is 26.2 Å². The van der Waals surface area contributed by atoms with E-state index in [1.54, 1.807) is 0 Å². The number of esters is 1. The topological polar surface area (TPSA) is 26.3 Å². The molecule has 0 aromatic rings. The van der Waals surface area contributed by atoms with Gasteiger partial charge in [0.15, 0.2) is 0 Å². The molecular formula is C12H24O2S. The quantitative estimate of drug-likeness (QED) is 0.425. The van der Waals surface area contributed by atoms with Gasteiger partial charge in [-0.15, -0.1) is 0 Å². The van der Waals surface area contributed by atoms with Gasteiger partial charge in [0, 0.05) is 6.42 Å². The number of unbranched alkanes of at least 4 members (excludes halogenated alkanes) is 4. The molecule has 3 heteroatoms. The summed E-state index contributed by atoms with van der Waals surface area (Å²) in [5, 5.41) is 0. The van der Waals surface area contributed by atoms with E-state index in [0.29, 0.717) is 6.42 Å². The summed E-state index contributed by atoms with van der Waals surface area (Å²) in [6, 6.07) is 0. The first-order valence-corrected chi connectivity index (χ1v) is 7.11. The fourth-order valence-electron chi connectivity index (χ4n) is 1.31.